The van der Waals surface area contributed by atoms with Crippen molar-refractivity contribution in [2.24, 2.45) is 0 Å². The van der Waals surface area contributed by atoms with Gasteiger partial charge in [-0.25, -0.2) is 0 Å². The molecule has 2 heterocycles. The molecule has 4 rings (SSSR count). The molecule has 0 radical (unpaired) electrons. The van der Waals surface area contributed by atoms with Gasteiger partial charge in [0.2, 0.25) is 0 Å². The van der Waals surface area contributed by atoms with Crippen LogP contribution < -0.4 is 10.1 Å². The number of hydrogen-bond donors (Lipinski definition) is 2. The van der Waals surface area contributed by atoms with Gasteiger partial charge in [-0.3, -0.25) is 4.79 Å². The summed E-state index contributed by atoms with van der Waals surface area (Å²) in [6.07, 6.45) is 0.743. The van der Waals surface area contributed by atoms with Gasteiger partial charge in [0.05, 0.1) is 17.1 Å². The van der Waals surface area contributed by atoms with Crippen LogP contribution in [0.3, 0.4) is 0 Å². The second-order valence-electron chi connectivity index (χ2n) is 5.70. The first-order chi connectivity index (χ1) is 11.6. The third kappa shape index (κ3) is 2.74. The van der Waals surface area contributed by atoms with Gasteiger partial charge < -0.3 is 15.0 Å². The van der Waals surface area contributed by atoms with Crippen molar-refractivity contribution in [2.75, 3.05) is 6.61 Å². The van der Waals surface area contributed by atoms with Crippen LogP contribution in [0.5, 0.6) is 5.75 Å². The summed E-state index contributed by atoms with van der Waals surface area (Å²) in [6, 6.07) is 13.6. The van der Waals surface area contributed by atoms with Crippen molar-refractivity contribution >= 4 is 48.7 Å². The Kier molecular flexibility index (Phi) is 4.10. The Morgan fingerprint density at radius 3 is 2.88 bits per heavy atom. The van der Waals surface area contributed by atoms with E-state index in [-0.39, 0.29) is 11.9 Å². The first kappa shape index (κ1) is 15.7. The smallest absolute Gasteiger partial charge is 0.269 e. The summed E-state index contributed by atoms with van der Waals surface area (Å²) in [7, 11) is 0. The number of nitrogens with one attached hydrogen (secondary N) is 2. The summed E-state index contributed by atoms with van der Waals surface area (Å²) in [5, 5.41) is 4.12. The summed E-state index contributed by atoms with van der Waals surface area (Å²) in [6.45, 7) is 0.591. The number of ether oxygens (including phenoxy) is 1. The molecular formula is C18H14Br2N2O2. The van der Waals surface area contributed by atoms with Gasteiger partial charge in [0.25, 0.3) is 5.91 Å². The van der Waals surface area contributed by atoms with Crippen molar-refractivity contribution in [1.29, 1.82) is 0 Å². The van der Waals surface area contributed by atoms with Gasteiger partial charge in [-0.15, -0.1) is 0 Å². The van der Waals surface area contributed by atoms with Gasteiger partial charge in [-0.2, -0.15) is 0 Å². The van der Waals surface area contributed by atoms with Gasteiger partial charge in [0.1, 0.15) is 11.4 Å². The molecule has 122 valence electrons. The molecular weight excluding hydrogens is 436 g/mol. The quantitative estimate of drug-likeness (QED) is 0.581. The second kappa shape index (κ2) is 6.26. The number of carbonyl (C=O) groups excluding carboxylic acids is 1. The zero-order chi connectivity index (χ0) is 16.7. The first-order valence-corrected chi connectivity index (χ1v) is 9.21. The highest BCUT2D eigenvalue weighted by molar-refractivity contribution is 9.11. The maximum atomic E-state index is 12.8. The van der Waals surface area contributed by atoms with Crippen LogP contribution in [0.2, 0.25) is 0 Å². The van der Waals surface area contributed by atoms with Crippen molar-refractivity contribution in [1.82, 2.24) is 10.3 Å². The summed E-state index contributed by atoms with van der Waals surface area (Å²) < 4.78 is 7.44. The van der Waals surface area contributed by atoms with Crippen LogP contribution in [-0.2, 0) is 0 Å². The van der Waals surface area contributed by atoms with E-state index >= 15 is 0 Å². The van der Waals surface area contributed by atoms with Crippen LogP contribution in [0.4, 0.5) is 0 Å². The third-order valence-corrected chi connectivity index (χ3v) is 5.50. The average molecular weight is 450 g/mol. The Labute approximate surface area is 155 Å². The van der Waals surface area contributed by atoms with E-state index in [9.17, 15) is 4.79 Å². The van der Waals surface area contributed by atoms with Crippen molar-refractivity contribution < 1.29 is 9.53 Å². The van der Waals surface area contributed by atoms with Crippen molar-refractivity contribution in [3.8, 4) is 5.75 Å². The van der Waals surface area contributed by atoms with Gasteiger partial charge in [0, 0.05) is 27.4 Å². The molecule has 1 aliphatic rings. The lowest BCUT2D eigenvalue weighted by molar-refractivity contribution is 0.0920. The van der Waals surface area contributed by atoms with E-state index in [1.807, 2.05) is 42.5 Å². The summed E-state index contributed by atoms with van der Waals surface area (Å²) in [4.78, 5) is 16.0. The van der Waals surface area contributed by atoms with Crippen molar-refractivity contribution in [2.45, 2.75) is 12.5 Å². The minimum atomic E-state index is -0.129. The Bertz CT molecular complexity index is 936. The van der Waals surface area contributed by atoms with E-state index in [0.29, 0.717) is 12.3 Å². The van der Waals surface area contributed by atoms with Crippen LogP contribution in [0.25, 0.3) is 10.9 Å². The molecule has 1 aromatic heterocycles. The monoisotopic (exact) mass is 448 g/mol. The fraction of sp³-hybridized carbons (Fsp3) is 0.167. The molecule has 3 aromatic rings. The van der Waals surface area contributed by atoms with E-state index in [1.54, 1.807) is 0 Å². The molecule has 2 N–H and O–H groups in total. The van der Waals surface area contributed by atoms with Crippen LogP contribution in [0, 0.1) is 0 Å². The van der Waals surface area contributed by atoms with E-state index in [0.717, 1.165) is 37.6 Å². The number of benzene rings is 2. The predicted octanol–water partition coefficient (Wildman–Crippen LogP) is 4.95. The number of H-pyrrole nitrogens is 1. The Balaban J connectivity index is 1.65. The molecule has 6 heteroatoms. The maximum Gasteiger partial charge on any atom is 0.269 e. The number of aromatic amines is 1. The van der Waals surface area contributed by atoms with Gasteiger partial charge in [-0.05, 0) is 40.2 Å². The van der Waals surface area contributed by atoms with Crippen LogP contribution in [0.15, 0.2) is 51.4 Å². The average Bonchev–Trinajstić information content (AvgIpc) is 2.93. The number of fused-ring (bicyclic) bond motifs is 2. The van der Waals surface area contributed by atoms with Gasteiger partial charge in [0.15, 0.2) is 0 Å². The number of para-hydroxylation sites is 1. The molecule has 0 fully saturated rings. The molecule has 24 heavy (non-hydrogen) atoms. The fourth-order valence-electron chi connectivity index (χ4n) is 3.01. The lowest BCUT2D eigenvalue weighted by atomic mass is 10.0. The minimum Gasteiger partial charge on any atom is -0.493 e. The van der Waals surface area contributed by atoms with E-state index < -0.39 is 0 Å². The zero-order valence-electron chi connectivity index (χ0n) is 12.6. The molecule has 1 atom stereocenters. The molecule has 0 spiro atoms. The molecule has 0 aliphatic carbocycles. The van der Waals surface area contributed by atoms with E-state index in [2.05, 4.69) is 42.2 Å². The largest absolute Gasteiger partial charge is 0.493 e. The molecule has 1 aliphatic heterocycles. The van der Waals surface area contributed by atoms with E-state index in [4.69, 9.17) is 4.74 Å². The molecule has 1 amide bonds. The summed E-state index contributed by atoms with van der Waals surface area (Å²) in [5.74, 6) is 0.696. The second-order valence-corrected chi connectivity index (χ2v) is 7.41. The molecule has 1 unspecified atom stereocenters. The van der Waals surface area contributed by atoms with Crippen LogP contribution in [-0.4, -0.2) is 17.5 Å². The lowest BCUT2D eigenvalue weighted by Crippen LogP contribution is -2.32. The fourth-order valence-corrected chi connectivity index (χ4v) is 4.01. The Hall–Kier alpha value is -1.79. The molecule has 2 aromatic carbocycles. The first-order valence-electron chi connectivity index (χ1n) is 7.63. The molecule has 0 bridgehead atoms. The standard InChI is InChI=1S/C18H14Br2N2O2/c19-10-5-6-15-12(9-10)14(7-8-24-15)22-18(23)17-16(20)11-3-1-2-4-13(11)21-17/h1-6,9,14,21H,7-8H2,(H,22,23). The summed E-state index contributed by atoms with van der Waals surface area (Å²) >= 11 is 7.02. The number of hydrogen-bond acceptors (Lipinski definition) is 2. The van der Waals surface area contributed by atoms with Crippen LogP contribution >= 0.6 is 31.9 Å². The van der Waals surface area contributed by atoms with Gasteiger partial charge >= 0.3 is 0 Å². The maximum absolute atomic E-state index is 12.8. The predicted molar refractivity (Wildman–Crippen MR) is 100 cm³/mol. The topological polar surface area (TPSA) is 54.1 Å². The summed E-state index contributed by atoms with van der Waals surface area (Å²) in [5.41, 5.74) is 2.47. The zero-order valence-corrected chi connectivity index (χ0v) is 15.8. The number of carbonyl (C=O) groups is 1. The SMILES string of the molecule is O=C(NC1CCOc2ccc(Br)cc21)c1[nH]c2ccccc2c1Br. The van der Waals surface area contributed by atoms with Crippen molar-refractivity contribution in [3.63, 3.8) is 0 Å². The lowest BCUT2D eigenvalue weighted by Gasteiger charge is -2.26. The van der Waals surface area contributed by atoms with Gasteiger partial charge in [-0.1, -0.05) is 34.1 Å². The number of aromatic nitrogens is 1. The number of halogens is 2. The third-order valence-electron chi connectivity index (χ3n) is 4.19. The molecule has 0 saturated carbocycles. The minimum absolute atomic E-state index is 0.0722. The van der Waals surface area contributed by atoms with E-state index in [1.165, 1.54) is 0 Å². The number of rotatable bonds is 2. The highest BCUT2D eigenvalue weighted by Gasteiger charge is 2.25. The Morgan fingerprint density at radius 1 is 1.21 bits per heavy atom. The Morgan fingerprint density at radius 2 is 2.04 bits per heavy atom. The molecule has 4 nitrogen and oxygen atoms in total. The van der Waals surface area contributed by atoms with Crippen molar-refractivity contribution in [3.05, 3.63) is 62.7 Å². The highest BCUT2D eigenvalue weighted by Crippen LogP contribution is 2.35. The molecule has 0 saturated heterocycles. The normalized spacial score (nSPS) is 16.5. The highest BCUT2D eigenvalue weighted by atomic mass is 79.9. The van der Waals surface area contributed by atoms with Crippen LogP contribution in [0.1, 0.15) is 28.5 Å². The number of amides is 1.